The molecule has 0 atom stereocenters. The van der Waals surface area contributed by atoms with Gasteiger partial charge in [-0.15, -0.1) is 0 Å². The number of aromatic nitrogens is 2. The molecule has 0 unspecified atom stereocenters. The summed E-state index contributed by atoms with van der Waals surface area (Å²) in [5.41, 5.74) is -0.0350. The van der Waals surface area contributed by atoms with Gasteiger partial charge in [-0.2, -0.15) is 0 Å². The first-order chi connectivity index (χ1) is 9.49. The fraction of sp³-hybridized carbons (Fsp3) is 0.750. The Labute approximate surface area is 122 Å². The van der Waals surface area contributed by atoms with Crippen molar-refractivity contribution >= 4 is 11.6 Å². The smallest absolute Gasteiger partial charge is 0.138 e. The molecule has 112 valence electrons. The number of nitrogens with zero attached hydrogens (tertiary/aromatic N) is 2. The van der Waals surface area contributed by atoms with Crippen LogP contribution in [0.3, 0.4) is 0 Å². The average molecular weight is 276 g/mol. The zero-order valence-corrected chi connectivity index (χ0v) is 13.3. The van der Waals surface area contributed by atoms with E-state index in [9.17, 15) is 0 Å². The highest BCUT2D eigenvalue weighted by Crippen LogP contribution is 2.24. The van der Waals surface area contributed by atoms with Crippen molar-refractivity contribution in [2.75, 3.05) is 17.7 Å². The van der Waals surface area contributed by atoms with Crippen LogP contribution in [-0.2, 0) is 5.41 Å². The molecule has 0 spiro atoms. The summed E-state index contributed by atoms with van der Waals surface area (Å²) in [6.07, 6.45) is 7.91. The van der Waals surface area contributed by atoms with Crippen LogP contribution in [-0.4, -0.2) is 23.1 Å². The fourth-order valence-electron chi connectivity index (χ4n) is 2.62. The number of hydrogen-bond donors (Lipinski definition) is 2. The zero-order chi connectivity index (χ0) is 14.6. The molecule has 2 rings (SSSR count). The van der Waals surface area contributed by atoms with E-state index in [1.165, 1.54) is 38.5 Å². The molecule has 1 heterocycles. The monoisotopic (exact) mass is 276 g/mol. The van der Waals surface area contributed by atoms with Crippen molar-refractivity contribution in [3.05, 3.63) is 11.9 Å². The summed E-state index contributed by atoms with van der Waals surface area (Å²) >= 11 is 0. The van der Waals surface area contributed by atoms with Crippen LogP contribution >= 0.6 is 0 Å². The standard InChI is InChI=1S/C16H28N4/c1-16(2,3)15-19-13(17-4)11-14(20-15)18-12-9-7-5-6-8-10-12/h11-12H,5-10H2,1-4H3,(H2,17,18,19,20). The van der Waals surface area contributed by atoms with Gasteiger partial charge in [0.2, 0.25) is 0 Å². The lowest BCUT2D eigenvalue weighted by atomic mass is 9.96. The van der Waals surface area contributed by atoms with Gasteiger partial charge in [0.1, 0.15) is 17.5 Å². The fourth-order valence-corrected chi connectivity index (χ4v) is 2.62. The van der Waals surface area contributed by atoms with Crippen molar-refractivity contribution in [3.8, 4) is 0 Å². The molecule has 1 aromatic heterocycles. The minimum atomic E-state index is -0.0350. The van der Waals surface area contributed by atoms with Gasteiger partial charge in [0, 0.05) is 24.6 Å². The maximum atomic E-state index is 4.72. The molecule has 4 nitrogen and oxygen atoms in total. The van der Waals surface area contributed by atoms with E-state index in [1.54, 1.807) is 0 Å². The molecule has 0 aromatic carbocycles. The first-order valence-electron chi connectivity index (χ1n) is 7.83. The van der Waals surface area contributed by atoms with E-state index in [0.717, 1.165) is 17.5 Å². The molecule has 0 saturated heterocycles. The molecule has 1 aromatic rings. The third-order valence-corrected chi connectivity index (χ3v) is 3.86. The summed E-state index contributed by atoms with van der Waals surface area (Å²) in [4.78, 5) is 9.29. The van der Waals surface area contributed by atoms with Crippen LogP contribution in [0.1, 0.15) is 65.1 Å². The van der Waals surface area contributed by atoms with Crippen molar-refractivity contribution in [1.29, 1.82) is 0 Å². The molecule has 1 aliphatic carbocycles. The summed E-state index contributed by atoms with van der Waals surface area (Å²) in [6, 6.07) is 2.57. The summed E-state index contributed by atoms with van der Waals surface area (Å²) < 4.78 is 0. The van der Waals surface area contributed by atoms with Crippen LogP contribution in [0.15, 0.2) is 6.07 Å². The summed E-state index contributed by atoms with van der Waals surface area (Å²) in [7, 11) is 1.91. The highest BCUT2D eigenvalue weighted by molar-refractivity contribution is 5.48. The van der Waals surface area contributed by atoms with E-state index in [-0.39, 0.29) is 5.41 Å². The quantitative estimate of drug-likeness (QED) is 0.821. The highest BCUT2D eigenvalue weighted by atomic mass is 15.1. The molecule has 1 aliphatic rings. The molecule has 20 heavy (non-hydrogen) atoms. The van der Waals surface area contributed by atoms with E-state index in [0.29, 0.717) is 6.04 Å². The van der Waals surface area contributed by atoms with Gasteiger partial charge in [-0.3, -0.25) is 0 Å². The first-order valence-corrected chi connectivity index (χ1v) is 7.83. The Morgan fingerprint density at radius 1 is 1.00 bits per heavy atom. The van der Waals surface area contributed by atoms with Gasteiger partial charge in [-0.1, -0.05) is 46.5 Å². The SMILES string of the molecule is CNc1cc(NC2CCCCCC2)nc(C(C)(C)C)n1. The van der Waals surface area contributed by atoms with E-state index in [2.05, 4.69) is 36.4 Å². The number of nitrogens with one attached hydrogen (secondary N) is 2. The Balaban J connectivity index is 2.17. The van der Waals surface area contributed by atoms with Gasteiger partial charge in [0.25, 0.3) is 0 Å². The third kappa shape index (κ3) is 4.09. The molecule has 0 radical (unpaired) electrons. The number of rotatable bonds is 3. The second-order valence-corrected chi connectivity index (χ2v) is 6.79. The minimum absolute atomic E-state index is 0.0350. The molecule has 2 N–H and O–H groups in total. The van der Waals surface area contributed by atoms with Crippen LogP contribution < -0.4 is 10.6 Å². The lowest BCUT2D eigenvalue weighted by Crippen LogP contribution is -2.22. The maximum Gasteiger partial charge on any atom is 0.138 e. The molecular weight excluding hydrogens is 248 g/mol. The average Bonchev–Trinajstić information content (AvgIpc) is 2.66. The van der Waals surface area contributed by atoms with Gasteiger partial charge >= 0.3 is 0 Å². The van der Waals surface area contributed by atoms with Crippen molar-refractivity contribution in [3.63, 3.8) is 0 Å². The lowest BCUT2D eigenvalue weighted by molar-refractivity contribution is 0.544. The first kappa shape index (κ1) is 15.1. The predicted molar refractivity (Wildman–Crippen MR) is 85.4 cm³/mol. The van der Waals surface area contributed by atoms with E-state index < -0.39 is 0 Å². The van der Waals surface area contributed by atoms with Crippen LogP contribution in [0.2, 0.25) is 0 Å². The van der Waals surface area contributed by atoms with Gasteiger partial charge in [-0.25, -0.2) is 9.97 Å². The maximum absolute atomic E-state index is 4.72. The Morgan fingerprint density at radius 3 is 2.15 bits per heavy atom. The van der Waals surface area contributed by atoms with Crippen LogP contribution in [0.4, 0.5) is 11.6 Å². The van der Waals surface area contributed by atoms with Gasteiger partial charge in [0.05, 0.1) is 0 Å². The largest absolute Gasteiger partial charge is 0.373 e. The number of hydrogen-bond acceptors (Lipinski definition) is 4. The van der Waals surface area contributed by atoms with E-state index in [1.807, 2.05) is 13.1 Å². The van der Waals surface area contributed by atoms with Crippen LogP contribution in [0.25, 0.3) is 0 Å². The second-order valence-electron chi connectivity index (χ2n) is 6.79. The highest BCUT2D eigenvalue weighted by Gasteiger charge is 2.20. The van der Waals surface area contributed by atoms with Crippen molar-refractivity contribution in [1.82, 2.24) is 9.97 Å². The molecule has 0 bridgehead atoms. The van der Waals surface area contributed by atoms with Gasteiger partial charge in [0.15, 0.2) is 0 Å². The van der Waals surface area contributed by atoms with E-state index in [4.69, 9.17) is 4.98 Å². The van der Waals surface area contributed by atoms with Crippen molar-refractivity contribution in [2.24, 2.45) is 0 Å². The van der Waals surface area contributed by atoms with Crippen LogP contribution in [0.5, 0.6) is 0 Å². The Hall–Kier alpha value is -1.32. The Kier molecular flexibility index (Phi) is 4.84. The molecule has 4 heteroatoms. The van der Waals surface area contributed by atoms with Crippen LogP contribution in [0, 0.1) is 0 Å². The predicted octanol–water partition coefficient (Wildman–Crippen LogP) is 3.95. The molecule has 0 aliphatic heterocycles. The number of anilines is 2. The topological polar surface area (TPSA) is 49.8 Å². The second kappa shape index (κ2) is 6.42. The summed E-state index contributed by atoms with van der Waals surface area (Å²) in [5, 5.41) is 6.76. The zero-order valence-electron chi connectivity index (χ0n) is 13.3. The van der Waals surface area contributed by atoms with E-state index >= 15 is 0 Å². The Morgan fingerprint density at radius 2 is 1.60 bits per heavy atom. The minimum Gasteiger partial charge on any atom is -0.373 e. The lowest BCUT2D eigenvalue weighted by Gasteiger charge is -2.21. The molecule has 0 amide bonds. The van der Waals surface area contributed by atoms with Gasteiger partial charge in [-0.05, 0) is 12.8 Å². The third-order valence-electron chi connectivity index (χ3n) is 3.86. The Bertz CT molecular complexity index is 429. The molecule has 1 fully saturated rings. The molecular formula is C16H28N4. The summed E-state index contributed by atoms with van der Waals surface area (Å²) in [5.74, 6) is 2.74. The molecule has 1 saturated carbocycles. The normalized spacial score (nSPS) is 17.6. The van der Waals surface area contributed by atoms with Crippen molar-refractivity contribution in [2.45, 2.75) is 70.8 Å². The van der Waals surface area contributed by atoms with Crippen molar-refractivity contribution < 1.29 is 0 Å². The summed E-state index contributed by atoms with van der Waals surface area (Å²) in [6.45, 7) is 6.45. The van der Waals surface area contributed by atoms with Gasteiger partial charge < -0.3 is 10.6 Å².